The molecule has 22 heavy (non-hydrogen) atoms. The van der Waals surface area contributed by atoms with E-state index in [-0.39, 0.29) is 11.5 Å². The van der Waals surface area contributed by atoms with E-state index < -0.39 is 5.97 Å². The van der Waals surface area contributed by atoms with Gasteiger partial charge in [0.2, 0.25) is 5.91 Å². The van der Waals surface area contributed by atoms with Crippen LogP contribution in [-0.4, -0.2) is 17.0 Å². The molecule has 0 aliphatic heterocycles. The molecule has 0 aliphatic rings. The smallest absolute Gasteiger partial charge is 0.335 e. The number of aromatic carboxylic acids is 1. The Bertz CT molecular complexity index is 668. The molecule has 1 amide bonds. The molecule has 0 fully saturated rings. The van der Waals surface area contributed by atoms with Crippen LogP contribution in [0.4, 0.5) is 0 Å². The summed E-state index contributed by atoms with van der Waals surface area (Å²) in [5.74, 6) is -1.05. The number of carboxylic acids is 1. The van der Waals surface area contributed by atoms with Crippen molar-refractivity contribution < 1.29 is 14.7 Å². The molecule has 0 saturated carbocycles. The van der Waals surface area contributed by atoms with Crippen molar-refractivity contribution in [3.8, 4) is 0 Å². The molecule has 2 aromatic carbocycles. The van der Waals surface area contributed by atoms with Crippen molar-refractivity contribution in [2.45, 2.75) is 19.4 Å². The number of aryl methyl sites for hydroxylation is 1. The van der Waals surface area contributed by atoms with E-state index in [1.807, 2.05) is 12.1 Å². The zero-order valence-electron chi connectivity index (χ0n) is 11.9. The van der Waals surface area contributed by atoms with Gasteiger partial charge in [-0.1, -0.05) is 35.9 Å². The molecule has 0 atom stereocenters. The Morgan fingerprint density at radius 1 is 1.05 bits per heavy atom. The summed E-state index contributed by atoms with van der Waals surface area (Å²) >= 11 is 5.81. The molecule has 0 unspecified atom stereocenters. The third-order valence-electron chi connectivity index (χ3n) is 3.22. The van der Waals surface area contributed by atoms with Crippen molar-refractivity contribution in [2.75, 3.05) is 0 Å². The molecule has 114 valence electrons. The number of rotatable bonds is 6. The molecule has 0 aromatic heterocycles. The van der Waals surface area contributed by atoms with E-state index in [1.54, 1.807) is 30.3 Å². The van der Waals surface area contributed by atoms with Crippen LogP contribution in [0.1, 0.15) is 27.9 Å². The predicted molar refractivity (Wildman–Crippen MR) is 85.0 cm³/mol. The fourth-order valence-corrected chi connectivity index (χ4v) is 2.14. The Morgan fingerprint density at radius 2 is 1.77 bits per heavy atom. The average Bonchev–Trinajstić information content (AvgIpc) is 2.52. The van der Waals surface area contributed by atoms with Crippen molar-refractivity contribution in [1.29, 1.82) is 0 Å². The first kappa shape index (κ1) is 16.0. The maximum absolute atomic E-state index is 11.8. The fraction of sp³-hybridized carbons (Fsp3) is 0.176. The van der Waals surface area contributed by atoms with E-state index in [9.17, 15) is 9.59 Å². The first-order valence-corrected chi connectivity index (χ1v) is 7.26. The number of carbonyl (C=O) groups excluding carboxylic acids is 1. The van der Waals surface area contributed by atoms with Gasteiger partial charge in [0.1, 0.15) is 0 Å². The number of hydrogen-bond donors (Lipinski definition) is 2. The van der Waals surface area contributed by atoms with Crippen LogP contribution < -0.4 is 5.32 Å². The van der Waals surface area contributed by atoms with Crippen molar-refractivity contribution in [1.82, 2.24) is 5.32 Å². The number of amides is 1. The van der Waals surface area contributed by atoms with E-state index in [1.165, 1.54) is 6.07 Å². The number of carboxylic acid groups (broad SMARTS) is 1. The highest BCUT2D eigenvalue weighted by Gasteiger charge is 2.05. The number of halogens is 1. The summed E-state index contributed by atoms with van der Waals surface area (Å²) in [5, 5.41) is 12.4. The Labute approximate surface area is 133 Å². The molecule has 0 radical (unpaired) electrons. The van der Waals surface area contributed by atoms with Crippen LogP contribution in [0.2, 0.25) is 5.02 Å². The van der Waals surface area contributed by atoms with Gasteiger partial charge in [0.05, 0.1) is 5.56 Å². The zero-order valence-corrected chi connectivity index (χ0v) is 12.6. The van der Waals surface area contributed by atoms with Gasteiger partial charge in [0, 0.05) is 18.0 Å². The molecular formula is C17H16ClNO3. The van der Waals surface area contributed by atoms with E-state index >= 15 is 0 Å². The lowest BCUT2D eigenvalue weighted by molar-refractivity contribution is -0.121. The van der Waals surface area contributed by atoms with Gasteiger partial charge in [-0.15, -0.1) is 0 Å². The molecule has 0 aliphatic carbocycles. The number of benzene rings is 2. The Morgan fingerprint density at radius 3 is 2.45 bits per heavy atom. The van der Waals surface area contributed by atoms with Crippen LogP contribution >= 0.6 is 11.6 Å². The Hall–Kier alpha value is -2.33. The summed E-state index contributed by atoms with van der Waals surface area (Å²) in [4.78, 5) is 22.7. The SMILES string of the molecule is O=C(CCc1ccc(Cl)cc1)NCc1cccc(C(=O)O)c1. The van der Waals surface area contributed by atoms with E-state index in [0.717, 1.165) is 11.1 Å². The number of hydrogen-bond acceptors (Lipinski definition) is 2. The molecule has 2 rings (SSSR count). The maximum atomic E-state index is 11.8. The number of carbonyl (C=O) groups is 2. The first-order valence-electron chi connectivity index (χ1n) is 6.88. The lowest BCUT2D eigenvalue weighted by atomic mass is 10.1. The summed E-state index contributed by atoms with van der Waals surface area (Å²) < 4.78 is 0. The van der Waals surface area contributed by atoms with Gasteiger partial charge < -0.3 is 10.4 Å². The lowest BCUT2D eigenvalue weighted by Crippen LogP contribution is -2.23. The molecule has 0 heterocycles. The molecule has 2 aromatic rings. The van der Waals surface area contributed by atoms with Gasteiger partial charge in [-0.2, -0.15) is 0 Å². The van der Waals surface area contributed by atoms with Gasteiger partial charge in [-0.05, 0) is 41.8 Å². The van der Waals surface area contributed by atoms with E-state index in [2.05, 4.69) is 5.32 Å². The lowest BCUT2D eigenvalue weighted by Gasteiger charge is -2.06. The normalized spacial score (nSPS) is 10.2. The summed E-state index contributed by atoms with van der Waals surface area (Å²) in [7, 11) is 0. The van der Waals surface area contributed by atoms with Gasteiger partial charge in [0.15, 0.2) is 0 Å². The van der Waals surface area contributed by atoms with Crippen LogP contribution in [-0.2, 0) is 17.8 Å². The van der Waals surface area contributed by atoms with Gasteiger partial charge in [0.25, 0.3) is 0 Å². The van der Waals surface area contributed by atoms with Crippen LogP contribution in [0.25, 0.3) is 0 Å². The first-order chi connectivity index (χ1) is 10.5. The van der Waals surface area contributed by atoms with Gasteiger partial charge >= 0.3 is 5.97 Å². The topological polar surface area (TPSA) is 66.4 Å². The summed E-state index contributed by atoms with van der Waals surface area (Å²) in [6, 6.07) is 13.9. The second kappa shape index (κ2) is 7.61. The van der Waals surface area contributed by atoms with Gasteiger partial charge in [-0.3, -0.25) is 4.79 Å². The van der Waals surface area contributed by atoms with E-state index in [0.29, 0.717) is 24.4 Å². The standard InChI is InChI=1S/C17H16ClNO3/c18-15-7-4-12(5-8-15)6-9-16(20)19-11-13-2-1-3-14(10-13)17(21)22/h1-5,7-8,10H,6,9,11H2,(H,19,20)(H,21,22). The third-order valence-corrected chi connectivity index (χ3v) is 3.47. The maximum Gasteiger partial charge on any atom is 0.335 e. The van der Waals surface area contributed by atoms with Crippen molar-refractivity contribution >= 4 is 23.5 Å². The highest BCUT2D eigenvalue weighted by atomic mass is 35.5. The van der Waals surface area contributed by atoms with Crippen LogP contribution in [0.3, 0.4) is 0 Å². The minimum absolute atomic E-state index is 0.0734. The number of nitrogens with one attached hydrogen (secondary N) is 1. The molecule has 0 spiro atoms. The predicted octanol–water partition coefficient (Wildman–Crippen LogP) is 3.29. The summed E-state index contributed by atoms with van der Waals surface area (Å²) in [6.07, 6.45) is 1.01. The highest BCUT2D eigenvalue weighted by molar-refractivity contribution is 6.30. The minimum atomic E-state index is -0.976. The van der Waals surface area contributed by atoms with Crippen molar-refractivity contribution in [3.05, 3.63) is 70.2 Å². The second-order valence-corrected chi connectivity index (χ2v) is 5.35. The zero-order chi connectivity index (χ0) is 15.9. The van der Waals surface area contributed by atoms with Gasteiger partial charge in [-0.25, -0.2) is 4.79 Å². The molecule has 0 saturated heterocycles. The summed E-state index contributed by atoms with van der Waals surface area (Å²) in [5.41, 5.74) is 2.03. The Kier molecular flexibility index (Phi) is 5.55. The molecular weight excluding hydrogens is 302 g/mol. The monoisotopic (exact) mass is 317 g/mol. The minimum Gasteiger partial charge on any atom is -0.478 e. The second-order valence-electron chi connectivity index (χ2n) is 4.91. The van der Waals surface area contributed by atoms with Crippen LogP contribution in [0.15, 0.2) is 48.5 Å². The summed E-state index contributed by atoms with van der Waals surface area (Å²) in [6.45, 7) is 0.320. The fourth-order valence-electron chi connectivity index (χ4n) is 2.01. The highest BCUT2D eigenvalue weighted by Crippen LogP contribution is 2.11. The molecule has 0 bridgehead atoms. The molecule has 5 heteroatoms. The van der Waals surface area contributed by atoms with Crippen molar-refractivity contribution in [2.24, 2.45) is 0 Å². The third kappa shape index (κ3) is 4.90. The average molecular weight is 318 g/mol. The van der Waals surface area contributed by atoms with E-state index in [4.69, 9.17) is 16.7 Å². The Balaban J connectivity index is 1.81. The van der Waals surface area contributed by atoms with Crippen molar-refractivity contribution in [3.63, 3.8) is 0 Å². The van der Waals surface area contributed by atoms with Crippen LogP contribution in [0, 0.1) is 0 Å². The molecule has 4 nitrogen and oxygen atoms in total. The molecule has 2 N–H and O–H groups in total. The van der Waals surface area contributed by atoms with Crippen LogP contribution in [0.5, 0.6) is 0 Å². The largest absolute Gasteiger partial charge is 0.478 e. The quantitative estimate of drug-likeness (QED) is 0.859.